The van der Waals surface area contributed by atoms with Crippen LogP contribution >= 0.6 is 11.6 Å². The SMILES string of the molecule is CC(N)c1cc(Cl)ccc1C(C)(C)C. The zero-order chi connectivity index (χ0) is 10.9. The molecule has 0 heterocycles. The Morgan fingerprint density at radius 1 is 1.29 bits per heavy atom. The van der Waals surface area contributed by atoms with Crippen LogP contribution in [-0.4, -0.2) is 0 Å². The van der Waals surface area contributed by atoms with Crippen molar-refractivity contribution >= 4 is 11.6 Å². The largest absolute Gasteiger partial charge is 0.324 e. The Balaban J connectivity index is 3.29. The minimum absolute atomic E-state index is 0.0305. The number of halogens is 1. The molecule has 0 amide bonds. The van der Waals surface area contributed by atoms with Crippen molar-refractivity contribution in [1.82, 2.24) is 0 Å². The first kappa shape index (κ1) is 11.5. The quantitative estimate of drug-likeness (QED) is 0.754. The first-order valence-corrected chi connectivity index (χ1v) is 5.25. The molecule has 78 valence electrons. The van der Waals surface area contributed by atoms with E-state index in [1.165, 1.54) is 5.56 Å². The van der Waals surface area contributed by atoms with Gasteiger partial charge in [-0.3, -0.25) is 0 Å². The van der Waals surface area contributed by atoms with Gasteiger partial charge in [0.2, 0.25) is 0 Å². The molecule has 2 N–H and O–H groups in total. The Bertz CT molecular complexity index is 324. The molecule has 1 nitrogen and oxygen atoms in total. The summed E-state index contributed by atoms with van der Waals surface area (Å²) in [5.74, 6) is 0. The lowest BCUT2D eigenvalue weighted by atomic mass is 9.82. The summed E-state index contributed by atoms with van der Waals surface area (Å²) in [6.07, 6.45) is 0. The van der Waals surface area contributed by atoms with Crippen LogP contribution < -0.4 is 5.73 Å². The highest BCUT2D eigenvalue weighted by atomic mass is 35.5. The van der Waals surface area contributed by atoms with Gasteiger partial charge in [0.05, 0.1) is 0 Å². The molecule has 0 saturated heterocycles. The Labute approximate surface area is 91.3 Å². The van der Waals surface area contributed by atoms with Crippen molar-refractivity contribution in [3.63, 3.8) is 0 Å². The summed E-state index contributed by atoms with van der Waals surface area (Å²) in [7, 11) is 0. The van der Waals surface area contributed by atoms with Crippen molar-refractivity contribution in [3.8, 4) is 0 Å². The number of hydrogen-bond acceptors (Lipinski definition) is 1. The third-order valence-electron chi connectivity index (χ3n) is 2.31. The highest BCUT2D eigenvalue weighted by Crippen LogP contribution is 2.30. The maximum atomic E-state index is 5.96. The number of benzene rings is 1. The maximum Gasteiger partial charge on any atom is 0.0409 e. The Hall–Kier alpha value is -0.530. The van der Waals surface area contributed by atoms with E-state index >= 15 is 0 Å². The maximum absolute atomic E-state index is 5.96. The summed E-state index contributed by atoms with van der Waals surface area (Å²) in [6.45, 7) is 8.53. The van der Waals surface area contributed by atoms with Gasteiger partial charge in [-0.2, -0.15) is 0 Å². The second kappa shape index (κ2) is 3.92. The number of rotatable bonds is 1. The van der Waals surface area contributed by atoms with E-state index in [0.717, 1.165) is 10.6 Å². The van der Waals surface area contributed by atoms with Crippen LogP contribution in [0.3, 0.4) is 0 Å². The van der Waals surface area contributed by atoms with Gasteiger partial charge >= 0.3 is 0 Å². The molecule has 0 fully saturated rings. The van der Waals surface area contributed by atoms with E-state index in [2.05, 4.69) is 26.8 Å². The number of hydrogen-bond donors (Lipinski definition) is 1. The van der Waals surface area contributed by atoms with E-state index < -0.39 is 0 Å². The van der Waals surface area contributed by atoms with E-state index in [1.807, 2.05) is 19.1 Å². The molecule has 14 heavy (non-hydrogen) atoms. The van der Waals surface area contributed by atoms with Crippen molar-refractivity contribution < 1.29 is 0 Å². The molecular weight excluding hydrogens is 194 g/mol. The van der Waals surface area contributed by atoms with Gasteiger partial charge in [-0.25, -0.2) is 0 Å². The normalized spacial score (nSPS) is 14.1. The van der Waals surface area contributed by atoms with Crippen molar-refractivity contribution in [2.45, 2.75) is 39.2 Å². The van der Waals surface area contributed by atoms with Gasteiger partial charge in [0.1, 0.15) is 0 Å². The first-order valence-electron chi connectivity index (χ1n) is 4.88. The summed E-state index contributed by atoms with van der Waals surface area (Å²) in [6, 6.07) is 5.99. The van der Waals surface area contributed by atoms with Crippen molar-refractivity contribution in [1.29, 1.82) is 0 Å². The predicted molar refractivity (Wildman–Crippen MR) is 62.8 cm³/mol. The van der Waals surface area contributed by atoms with Gasteiger partial charge in [-0.15, -0.1) is 0 Å². The highest BCUT2D eigenvalue weighted by molar-refractivity contribution is 6.30. The van der Waals surface area contributed by atoms with Crippen LogP contribution in [0.1, 0.15) is 44.9 Å². The Morgan fingerprint density at radius 3 is 2.29 bits per heavy atom. The Kier molecular flexibility index (Phi) is 3.23. The molecule has 1 aromatic carbocycles. The molecule has 1 atom stereocenters. The van der Waals surface area contributed by atoms with Gasteiger partial charge in [-0.1, -0.05) is 38.4 Å². The zero-order valence-electron chi connectivity index (χ0n) is 9.26. The molecule has 0 aromatic heterocycles. The molecule has 0 aliphatic carbocycles. The van der Waals surface area contributed by atoms with Gasteiger partial charge in [0, 0.05) is 11.1 Å². The zero-order valence-corrected chi connectivity index (χ0v) is 10.0. The van der Waals surface area contributed by atoms with Gasteiger partial charge in [-0.05, 0) is 35.6 Å². The topological polar surface area (TPSA) is 26.0 Å². The van der Waals surface area contributed by atoms with Gasteiger partial charge < -0.3 is 5.73 Å². The molecule has 2 heteroatoms. The summed E-state index contributed by atoms with van der Waals surface area (Å²) >= 11 is 5.96. The van der Waals surface area contributed by atoms with Crippen molar-refractivity contribution in [3.05, 3.63) is 34.3 Å². The highest BCUT2D eigenvalue weighted by Gasteiger charge is 2.19. The van der Waals surface area contributed by atoms with Crippen LogP contribution in [-0.2, 0) is 5.41 Å². The second-order valence-electron chi connectivity index (χ2n) is 4.77. The van der Waals surface area contributed by atoms with Crippen molar-refractivity contribution in [2.75, 3.05) is 0 Å². The van der Waals surface area contributed by atoms with Gasteiger partial charge in [0.15, 0.2) is 0 Å². The molecular formula is C12H18ClN. The average molecular weight is 212 g/mol. The lowest BCUT2D eigenvalue weighted by Gasteiger charge is -2.24. The fourth-order valence-electron chi connectivity index (χ4n) is 1.59. The van der Waals surface area contributed by atoms with E-state index in [-0.39, 0.29) is 11.5 Å². The molecule has 0 bridgehead atoms. The van der Waals surface area contributed by atoms with E-state index in [0.29, 0.717) is 0 Å². The predicted octanol–water partition coefficient (Wildman–Crippen LogP) is 3.66. The third kappa shape index (κ3) is 2.49. The molecule has 0 spiro atoms. The molecule has 1 unspecified atom stereocenters. The summed E-state index contributed by atoms with van der Waals surface area (Å²) in [5.41, 5.74) is 8.46. The molecule has 0 saturated carbocycles. The lowest BCUT2D eigenvalue weighted by Crippen LogP contribution is -2.18. The minimum Gasteiger partial charge on any atom is -0.324 e. The summed E-state index contributed by atoms with van der Waals surface area (Å²) < 4.78 is 0. The van der Waals surface area contributed by atoms with Crippen LogP contribution in [0.4, 0.5) is 0 Å². The monoisotopic (exact) mass is 211 g/mol. The van der Waals surface area contributed by atoms with Crippen molar-refractivity contribution in [2.24, 2.45) is 5.73 Å². The summed E-state index contributed by atoms with van der Waals surface area (Å²) in [4.78, 5) is 0. The van der Waals surface area contributed by atoms with E-state index in [9.17, 15) is 0 Å². The fraction of sp³-hybridized carbons (Fsp3) is 0.500. The molecule has 0 aliphatic rings. The van der Waals surface area contributed by atoms with Gasteiger partial charge in [0.25, 0.3) is 0 Å². The summed E-state index contributed by atoms with van der Waals surface area (Å²) in [5, 5.41) is 0.755. The molecule has 1 aromatic rings. The average Bonchev–Trinajstić information content (AvgIpc) is 2.01. The molecule has 1 rings (SSSR count). The smallest absolute Gasteiger partial charge is 0.0409 e. The van der Waals surface area contributed by atoms with Crippen LogP contribution in [0.25, 0.3) is 0 Å². The van der Waals surface area contributed by atoms with Crippen LogP contribution in [0.2, 0.25) is 5.02 Å². The third-order valence-corrected chi connectivity index (χ3v) is 2.55. The first-order chi connectivity index (χ1) is 6.32. The molecule has 0 radical (unpaired) electrons. The van der Waals surface area contributed by atoms with E-state index in [1.54, 1.807) is 0 Å². The minimum atomic E-state index is 0.0305. The second-order valence-corrected chi connectivity index (χ2v) is 5.21. The Morgan fingerprint density at radius 2 is 1.86 bits per heavy atom. The van der Waals surface area contributed by atoms with E-state index in [4.69, 9.17) is 17.3 Å². The van der Waals surface area contributed by atoms with Crippen LogP contribution in [0.15, 0.2) is 18.2 Å². The standard InChI is InChI=1S/C12H18ClN/c1-8(14)10-7-9(13)5-6-11(10)12(2,3)4/h5-8H,14H2,1-4H3. The fourth-order valence-corrected chi connectivity index (χ4v) is 1.77. The van der Waals surface area contributed by atoms with Crippen LogP contribution in [0.5, 0.6) is 0 Å². The number of nitrogens with two attached hydrogens (primary N) is 1. The lowest BCUT2D eigenvalue weighted by molar-refractivity contribution is 0.575. The molecule has 0 aliphatic heterocycles. The van der Waals surface area contributed by atoms with Crippen LogP contribution in [0, 0.1) is 0 Å².